The van der Waals surface area contributed by atoms with Crippen molar-refractivity contribution in [3.05, 3.63) is 48.2 Å². The largest absolute Gasteiger partial charge is 0.493 e. The van der Waals surface area contributed by atoms with Crippen molar-refractivity contribution < 1.29 is 9.53 Å². The smallest absolute Gasteiger partial charge is 0.138 e. The van der Waals surface area contributed by atoms with E-state index in [4.69, 9.17) is 15.9 Å². The zero-order valence-corrected chi connectivity index (χ0v) is 13.6. The van der Waals surface area contributed by atoms with Gasteiger partial charge in [0.05, 0.1) is 11.1 Å². The summed E-state index contributed by atoms with van der Waals surface area (Å²) < 4.78 is 5.69. The molecule has 5 heteroatoms. The number of hydrogen-bond donors (Lipinski definition) is 2. The molecule has 0 aliphatic carbocycles. The fourth-order valence-corrected chi connectivity index (χ4v) is 1.81. The molecule has 1 aromatic heterocycles. The number of pyridine rings is 1. The summed E-state index contributed by atoms with van der Waals surface area (Å²) in [5.74, 6) is 0.813. The Hall–Kier alpha value is -2.69. The Labute approximate surface area is 136 Å². The number of nitrogens with zero attached hydrogens (tertiary/aromatic N) is 1. The lowest BCUT2D eigenvalue weighted by atomic mass is 9.90. The van der Waals surface area contributed by atoms with E-state index < -0.39 is 5.41 Å². The predicted molar refractivity (Wildman–Crippen MR) is 90.6 cm³/mol. The van der Waals surface area contributed by atoms with Crippen LogP contribution in [0.4, 0.5) is 0 Å². The van der Waals surface area contributed by atoms with Gasteiger partial charge in [-0.15, -0.1) is 0 Å². The number of aromatic nitrogens is 1. The summed E-state index contributed by atoms with van der Waals surface area (Å²) in [5.41, 5.74) is 7.25. The lowest BCUT2D eigenvalue weighted by Gasteiger charge is -2.21. The summed E-state index contributed by atoms with van der Waals surface area (Å²) in [4.78, 5) is 15.8. The van der Waals surface area contributed by atoms with Crippen molar-refractivity contribution in [2.75, 3.05) is 6.61 Å². The molecule has 0 saturated heterocycles. The highest BCUT2D eigenvalue weighted by molar-refractivity contribution is 5.94. The first-order chi connectivity index (χ1) is 10.8. The van der Waals surface area contributed by atoms with Crippen LogP contribution in [0.2, 0.25) is 0 Å². The van der Waals surface area contributed by atoms with E-state index in [1.807, 2.05) is 44.2 Å². The number of Topliss-reactive ketones (excluding diaryl/α,β-unsaturated/α-hetero) is 1. The van der Waals surface area contributed by atoms with Crippen LogP contribution in [0.3, 0.4) is 0 Å². The quantitative estimate of drug-likeness (QED) is 0.634. The number of carbonyl (C=O) groups excluding carboxylic acids is 1. The Kier molecular flexibility index (Phi) is 4.79. The number of nitrogens with two attached hydrogens (primary N) is 1. The highest BCUT2D eigenvalue weighted by Crippen LogP contribution is 2.23. The molecule has 0 aliphatic rings. The van der Waals surface area contributed by atoms with Crippen molar-refractivity contribution in [3.8, 4) is 17.0 Å². The first-order valence-corrected chi connectivity index (χ1v) is 7.34. The van der Waals surface area contributed by atoms with E-state index in [0.717, 1.165) is 11.3 Å². The molecule has 1 aromatic carbocycles. The number of ketones is 1. The van der Waals surface area contributed by atoms with E-state index in [-0.39, 0.29) is 11.6 Å². The highest BCUT2D eigenvalue weighted by Gasteiger charge is 2.24. The number of hydrogen-bond acceptors (Lipinski definition) is 4. The summed E-state index contributed by atoms with van der Waals surface area (Å²) in [7, 11) is 0. The molecule has 0 aliphatic heterocycles. The predicted octanol–water partition coefficient (Wildman–Crippen LogP) is 3.03. The molecule has 2 aromatic rings. The minimum atomic E-state index is -0.497. The Morgan fingerprint density at radius 3 is 2.35 bits per heavy atom. The molecule has 2 rings (SSSR count). The SMILES string of the molecule is CC(=O)C(C)(C)COc1ccc(-c2ccc(C(=N)N)cn2)cc1. The number of benzene rings is 1. The molecule has 0 atom stereocenters. The Morgan fingerprint density at radius 1 is 1.22 bits per heavy atom. The van der Waals surface area contributed by atoms with Gasteiger partial charge in [-0.3, -0.25) is 15.2 Å². The maximum atomic E-state index is 11.5. The van der Waals surface area contributed by atoms with Crippen LogP contribution in [0.1, 0.15) is 26.3 Å². The van der Waals surface area contributed by atoms with E-state index in [1.54, 1.807) is 19.2 Å². The topological polar surface area (TPSA) is 89.1 Å². The third-order valence-electron chi connectivity index (χ3n) is 3.78. The lowest BCUT2D eigenvalue weighted by Crippen LogP contribution is -2.28. The van der Waals surface area contributed by atoms with Crippen LogP contribution in [0.25, 0.3) is 11.3 Å². The number of nitrogens with one attached hydrogen (secondary N) is 1. The first kappa shape index (κ1) is 16.7. The van der Waals surface area contributed by atoms with Gasteiger partial charge in [0.25, 0.3) is 0 Å². The number of carbonyl (C=O) groups is 1. The monoisotopic (exact) mass is 311 g/mol. The average molecular weight is 311 g/mol. The summed E-state index contributed by atoms with van der Waals surface area (Å²) >= 11 is 0. The van der Waals surface area contributed by atoms with Gasteiger partial charge in [-0.2, -0.15) is 0 Å². The molecule has 0 saturated carbocycles. The summed E-state index contributed by atoms with van der Waals surface area (Å²) in [6, 6.07) is 11.1. The number of rotatable bonds is 6. The lowest BCUT2D eigenvalue weighted by molar-refractivity contribution is -0.126. The maximum Gasteiger partial charge on any atom is 0.138 e. The molecule has 0 bridgehead atoms. The standard InChI is InChI=1S/C18H21N3O2/c1-12(22)18(2,3)11-23-15-7-4-13(5-8-15)16-9-6-14(10-21-16)17(19)20/h4-10H,11H2,1-3H3,(H3,19,20). The van der Waals surface area contributed by atoms with Crippen LogP contribution in [-0.4, -0.2) is 23.2 Å². The van der Waals surface area contributed by atoms with E-state index in [2.05, 4.69) is 4.98 Å². The van der Waals surface area contributed by atoms with Crippen molar-refractivity contribution in [2.24, 2.45) is 11.1 Å². The van der Waals surface area contributed by atoms with Crippen molar-refractivity contribution in [1.29, 1.82) is 5.41 Å². The van der Waals surface area contributed by atoms with Crippen molar-refractivity contribution in [1.82, 2.24) is 4.98 Å². The normalized spacial score (nSPS) is 11.1. The number of ether oxygens (including phenoxy) is 1. The molecule has 0 spiro atoms. The fourth-order valence-electron chi connectivity index (χ4n) is 1.81. The van der Waals surface area contributed by atoms with Crippen molar-refractivity contribution in [2.45, 2.75) is 20.8 Å². The third kappa shape index (κ3) is 4.16. The number of nitrogen functional groups attached to an aromatic ring is 1. The van der Waals surface area contributed by atoms with Gasteiger partial charge in [-0.25, -0.2) is 0 Å². The van der Waals surface area contributed by atoms with Gasteiger partial charge in [-0.05, 0) is 57.2 Å². The van der Waals surface area contributed by atoms with Crippen LogP contribution in [0.5, 0.6) is 5.75 Å². The molecule has 0 radical (unpaired) electrons. The molecule has 5 nitrogen and oxygen atoms in total. The van der Waals surface area contributed by atoms with Gasteiger partial charge >= 0.3 is 0 Å². The molecule has 0 amide bonds. The van der Waals surface area contributed by atoms with E-state index >= 15 is 0 Å². The van der Waals surface area contributed by atoms with Gasteiger partial charge < -0.3 is 10.5 Å². The van der Waals surface area contributed by atoms with Gasteiger partial charge in [0.1, 0.15) is 24.0 Å². The summed E-state index contributed by atoms with van der Waals surface area (Å²) in [6.07, 6.45) is 1.58. The zero-order chi connectivity index (χ0) is 17.0. The van der Waals surface area contributed by atoms with Gasteiger partial charge in [0, 0.05) is 17.3 Å². The molecule has 120 valence electrons. The van der Waals surface area contributed by atoms with Crippen LogP contribution < -0.4 is 10.5 Å². The van der Waals surface area contributed by atoms with Gasteiger partial charge in [0.15, 0.2) is 0 Å². The Balaban J connectivity index is 2.07. The molecule has 23 heavy (non-hydrogen) atoms. The van der Waals surface area contributed by atoms with Crippen LogP contribution in [0.15, 0.2) is 42.6 Å². The van der Waals surface area contributed by atoms with Crippen molar-refractivity contribution >= 4 is 11.6 Å². The molecule has 0 fully saturated rings. The molecule has 3 N–H and O–H groups in total. The third-order valence-corrected chi connectivity index (χ3v) is 3.78. The van der Waals surface area contributed by atoms with Gasteiger partial charge in [0.2, 0.25) is 0 Å². The molecule has 0 unspecified atom stereocenters. The fraction of sp³-hybridized carbons (Fsp3) is 0.278. The second kappa shape index (κ2) is 6.60. The van der Waals surface area contributed by atoms with E-state index in [9.17, 15) is 4.79 Å². The summed E-state index contributed by atoms with van der Waals surface area (Å²) in [5, 5.41) is 7.36. The van der Waals surface area contributed by atoms with E-state index in [0.29, 0.717) is 17.9 Å². The number of amidine groups is 1. The maximum absolute atomic E-state index is 11.5. The zero-order valence-electron chi connectivity index (χ0n) is 13.6. The first-order valence-electron chi connectivity index (χ1n) is 7.34. The Morgan fingerprint density at radius 2 is 1.87 bits per heavy atom. The second-order valence-electron chi connectivity index (χ2n) is 6.10. The van der Waals surface area contributed by atoms with Crippen LogP contribution in [0, 0.1) is 10.8 Å². The molecular weight excluding hydrogens is 290 g/mol. The van der Waals surface area contributed by atoms with Crippen LogP contribution >= 0.6 is 0 Å². The minimum Gasteiger partial charge on any atom is -0.493 e. The molecule has 1 heterocycles. The second-order valence-corrected chi connectivity index (χ2v) is 6.10. The highest BCUT2D eigenvalue weighted by atomic mass is 16.5. The van der Waals surface area contributed by atoms with E-state index in [1.165, 1.54) is 0 Å². The average Bonchev–Trinajstić information content (AvgIpc) is 2.53. The van der Waals surface area contributed by atoms with Crippen molar-refractivity contribution in [3.63, 3.8) is 0 Å². The minimum absolute atomic E-state index is 0.000818. The summed E-state index contributed by atoms with van der Waals surface area (Å²) in [6.45, 7) is 5.64. The van der Waals surface area contributed by atoms with Gasteiger partial charge in [-0.1, -0.05) is 0 Å². The Bertz CT molecular complexity index is 704. The molecular formula is C18H21N3O2. The van der Waals surface area contributed by atoms with Crippen LogP contribution in [-0.2, 0) is 4.79 Å².